The summed E-state index contributed by atoms with van der Waals surface area (Å²) in [5.41, 5.74) is 1.31. The Kier molecular flexibility index (Phi) is 6.76. The van der Waals surface area contributed by atoms with Gasteiger partial charge in [0.15, 0.2) is 6.61 Å². The normalized spacial score (nSPS) is 16.6. The number of nitrogens with one attached hydrogen (secondary N) is 1. The van der Waals surface area contributed by atoms with Crippen LogP contribution in [0.1, 0.15) is 50.5 Å². The van der Waals surface area contributed by atoms with Gasteiger partial charge in [-0.2, -0.15) is 0 Å². The minimum atomic E-state index is -0.472. The van der Waals surface area contributed by atoms with Crippen LogP contribution in [0.3, 0.4) is 0 Å². The average Bonchev–Trinajstić information content (AvgIpc) is 2.77. The van der Waals surface area contributed by atoms with Crippen molar-refractivity contribution in [3.8, 4) is 5.75 Å². The summed E-state index contributed by atoms with van der Waals surface area (Å²) < 4.78 is 19.8. The quantitative estimate of drug-likeness (QED) is 0.621. The molecule has 1 N–H and O–H groups in total. The van der Waals surface area contributed by atoms with Crippen LogP contribution in [0.15, 0.2) is 36.4 Å². The zero-order valence-corrected chi connectivity index (χ0v) is 18.1. The van der Waals surface area contributed by atoms with Crippen LogP contribution in [0.4, 0.5) is 15.8 Å². The maximum Gasteiger partial charge on any atom is 0.265 e. The summed E-state index contributed by atoms with van der Waals surface area (Å²) in [7, 11) is 0. The number of carbonyl (C=O) groups excluding carboxylic acids is 2. The molecule has 0 atom stereocenters. The second-order valence-corrected chi connectivity index (χ2v) is 8.65. The molecule has 0 spiro atoms. The first-order valence-corrected chi connectivity index (χ1v) is 11.2. The van der Waals surface area contributed by atoms with Crippen molar-refractivity contribution < 1.29 is 18.7 Å². The molecule has 2 aromatic carbocycles. The number of benzene rings is 2. The molecule has 31 heavy (non-hydrogen) atoms. The van der Waals surface area contributed by atoms with Gasteiger partial charge in [0.25, 0.3) is 5.91 Å². The van der Waals surface area contributed by atoms with E-state index in [1.165, 1.54) is 49.1 Å². The molecule has 5 nitrogen and oxygen atoms in total. The number of nitrogens with zero attached hydrogens (tertiary/aromatic N) is 1. The first-order valence-electron chi connectivity index (χ1n) is 10.8. The van der Waals surface area contributed by atoms with Crippen molar-refractivity contribution in [1.29, 1.82) is 0 Å². The molecule has 1 fully saturated rings. The van der Waals surface area contributed by atoms with Crippen molar-refractivity contribution in [3.05, 3.63) is 52.8 Å². The Morgan fingerprint density at radius 2 is 2.00 bits per heavy atom. The highest BCUT2D eigenvalue weighted by Gasteiger charge is 2.28. The highest BCUT2D eigenvalue weighted by Crippen LogP contribution is 2.36. The molecule has 2 aromatic rings. The largest absolute Gasteiger partial charge is 0.482 e. The summed E-state index contributed by atoms with van der Waals surface area (Å²) in [6.45, 7) is -0.147. The van der Waals surface area contributed by atoms with Crippen molar-refractivity contribution in [2.24, 2.45) is 5.92 Å². The fourth-order valence-corrected chi connectivity index (χ4v) is 4.55. The molecule has 0 saturated heterocycles. The predicted molar refractivity (Wildman–Crippen MR) is 119 cm³/mol. The second-order valence-electron chi connectivity index (χ2n) is 8.24. The lowest BCUT2D eigenvalue weighted by atomic mass is 9.86. The van der Waals surface area contributed by atoms with Crippen molar-refractivity contribution in [2.45, 2.75) is 51.5 Å². The van der Waals surface area contributed by atoms with Gasteiger partial charge < -0.3 is 15.0 Å². The van der Waals surface area contributed by atoms with Gasteiger partial charge in [-0.1, -0.05) is 49.8 Å². The standard InChI is InChI=1S/C24H26ClFN2O3/c25-19-7-4-8-20(26)18(19)14-28-21-13-17(10-11-22(21)31-15-24(28)30)27-23(29)12-9-16-5-2-1-3-6-16/h4,7-8,10-11,13,16H,1-3,5-6,9,12,14-15H2,(H,27,29). The topological polar surface area (TPSA) is 58.6 Å². The Hall–Kier alpha value is -2.60. The highest BCUT2D eigenvalue weighted by molar-refractivity contribution is 6.31. The number of halogens is 2. The fourth-order valence-electron chi connectivity index (χ4n) is 4.33. The third kappa shape index (κ3) is 5.18. The van der Waals surface area contributed by atoms with Gasteiger partial charge in [-0.3, -0.25) is 9.59 Å². The van der Waals surface area contributed by atoms with Crippen molar-refractivity contribution in [3.63, 3.8) is 0 Å². The molecule has 0 bridgehead atoms. The Morgan fingerprint density at radius 3 is 2.77 bits per heavy atom. The van der Waals surface area contributed by atoms with Crippen LogP contribution in [0.5, 0.6) is 5.75 Å². The lowest BCUT2D eigenvalue weighted by Crippen LogP contribution is -2.38. The van der Waals surface area contributed by atoms with E-state index in [0.29, 0.717) is 29.5 Å². The van der Waals surface area contributed by atoms with Gasteiger partial charge >= 0.3 is 0 Å². The van der Waals surface area contributed by atoms with E-state index in [0.717, 1.165) is 6.42 Å². The van der Waals surface area contributed by atoms with Crippen LogP contribution in [0.2, 0.25) is 5.02 Å². The number of rotatable bonds is 6. The summed E-state index contributed by atoms with van der Waals surface area (Å²) in [6, 6.07) is 9.59. The number of hydrogen-bond donors (Lipinski definition) is 1. The van der Waals surface area contributed by atoms with Gasteiger partial charge in [-0.15, -0.1) is 0 Å². The number of carbonyl (C=O) groups is 2. The number of hydrogen-bond acceptors (Lipinski definition) is 3. The van der Waals surface area contributed by atoms with Gasteiger partial charge in [0, 0.05) is 22.7 Å². The number of anilines is 2. The van der Waals surface area contributed by atoms with Crippen molar-refractivity contribution in [1.82, 2.24) is 0 Å². The zero-order valence-electron chi connectivity index (χ0n) is 17.3. The van der Waals surface area contributed by atoms with E-state index in [-0.39, 0.29) is 35.6 Å². The monoisotopic (exact) mass is 444 g/mol. The summed E-state index contributed by atoms with van der Waals surface area (Å²) in [5, 5.41) is 3.18. The minimum Gasteiger partial charge on any atom is -0.482 e. The molecule has 0 aromatic heterocycles. The maximum atomic E-state index is 14.3. The Morgan fingerprint density at radius 1 is 1.19 bits per heavy atom. The SMILES string of the molecule is O=C(CCC1CCCCC1)Nc1ccc2c(c1)N(Cc1c(F)cccc1Cl)C(=O)CO2. The third-order valence-electron chi connectivity index (χ3n) is 6.07. The van der Waals surface area contributed by atoms with Crippen LogP contribution >= 0.6 is 11.6 Å². The molecule has 4 rings (SSSR count). The van der Waals surface area contributed by atoms with E-state index in [9.17, 15) is 14.0 Å². The van der Waals surface area contributed by atoms with E-state index < -0.39 is 5.82 Å². The van der Waals surface area contributed by atoms with Gasteiger partial charge in [0.2, 0.25) is 5.91 Å². The molecular formula is C24H26ClFN2O3. The van der Waals surface area contributed by atoms with E-state index >= 15 is 0 Å². The molecule has 0 radical (unpaired) electrons. The number of amides is 2. The molecule has 2 aliphatic rings. The lowest BCUT2D eigenvalue weighted by molar-refractivity contribution is -0.121. The molecule has 1 aliphatic carbocycles. The maximum absolute atomic E-state index is 14.3. The molecule has 164 valence electrons. The second kappa shape index (κ2) is 9.69. The average molecular weight is 445 g/mol. The van der Waals surface area contributed by atoms with Crippen LogP contribution in [0, 0.1) is 11.7 Å². The van der Waals surface area contributed by atoms with Crippen LogP contribution in [0.25, 0.3) is 0 Å². The van der Waals surface area contributed by atoms with E-state index in [2.05, 4.69) is 5.32 Å². The molecule has 1 saturated carbocycles. The molecule has 1 aliphatic heterocycles. The predicted octanol–water partition coefficient (Wildman–Crippen LogP) is 5.70. The van der Waals surface area contributed by atoms with E-state index in [1.807, 2.05) is 0 Å². The van der Waals surface area contributed by atoms with Crippen molar-refractivity contribution in [2.75, 3.05) is 16.8 Å². The first kappa shape index (κ1) is 21.6. The lowest BCUT2D eigenvalue weighted by Gasteiger charge is -2.30. The summed E-state index contributed by atoms with van der Waals surface area (Å²) in [4.78, 5) is 26.4. The molecule has 2 amide bonds. The summed E-state index contributed by atoms with van der Waals surface area (Å²) in [6.07, 6.45) is 7.60. The number of fused-ring (bicyclic) bond motifs is 1. The third-order valence-corrected chi connectivity index (χ3v) is 6.42. The smallest absolute Gasteiger partial charge is 0.265 e. The van der Waals surface area contributed by atoms with Crippen LogP contribution in [-0.2, 0) is 16.1 Å². The summed E-state index contributed by atoms with van der Waals surface area (Å²) >= 11 is 6.16. The molecular weight excluding hydrogens is 419 g/mol. The van der Waals surface area contributed by atoms with Crippen LogP contribution < -0.4 is 15.0 Å². The fraction of sp³-hybridized carbons (Fsp3) is 0.417. The molecule has 0 unspecified atom stereocenters. The van der Waals surface area contributed by atoms with Crippen LogP contribution in [-0.4, -0.2) is 18.4 Å². The molecule has 7 heteroatoms. The summed E-state index contributed by atoms with van der Waals surface area (Å²) in [5.74, 6) is 0.327. The van der Waals surface area contributed by atoms with Gasteiger partial charge in [0.05, 0.1) is 12.2 Å². The zero-order chi connectivity index (χ0) is 21.8. The molecule has 1 heterocycles. The Bertz CT molecular complexity index is 955. The Labute approximate surface area is 186 Å². The number of ether oxygens (including phenoxy) is 1. The van der Waals surface area contributed by atoms with E-state index in [1.54, 1.807) is 24.3 Å². The van der Waals surface area contributed by atoms with Gasteiger partial charge in [-0.25, -0.2) is 4.39 Å². The van der Waals surface area contributed by atoms with Gasteiger partial charge in [0.1, 0.15) is 11.6 Å². The Balaban J connectivity index is 1.48. The highest BCUT2D eigenvalue weighted by atomic mass is 35.5. The first-order chi connectivity index (χ1) is 15.0. The van der Waals surface area contributed by atoms with Gasteiger partial charge in [-0.05, 0) is 42.7 Å². The van der Waals surface area contributed by atoms with Crippen molar-refractivity contribution >= 4 is 34.8 Å². The minimum absolute atomic E-state index is 0.0141. The van der Waals surface area contributed by atoms with E-state index in [4.69, 9.17) is 16.3 Å².